The maximum absolute atomic E-state index is 4.49. The summed E-state index contributed by atoms with van der Waals surface area (Å²) in [7, 11) is 0. The van der Waals surface area contributed by atoms with Crippen LogP contribution in [-0.2, 0) is 5.41 Å². The van der Waals surface area contributed by atoms with Crippen LogP contribution in [0.5, 0.6) is 0 Å². The van der Waals surface area contributed by atoms with Crippen LogP contribution in [0.3, 0.4) is 0 Å². The van der Waals surface area contributed by atoms with Crippen molar-refractivity contribution >= 4 is 17.7 Å². The number of hydrogen-bond donors (Lipinski definition) is 1. The molecule has 1 aliphatic rings. The van der Waals surface area contributed by atoms with Crippen molar-refractivity contribution in [3.8, 4) is 0 Å². The van der Waals surface area contributed by atoms with Crippen LogP contribution in [-0.4, -0.2) is 27.2 Å². The number of hydrogen-bond acceptors (Lipinski definition) is 5. The Balaban J connectivity index is 2.29. The van der Waals surface area contributed by atoms with E-state index >= 15 is 0 Å². The van der Waals surface area contributed by atoms with E-state index in [1.807, 2.05) is 6.26 Å². The Bertz CT molecular complexity index is 382. The molecule has 1 aromatic heterocycles. The summed E-state index contributed by atoms with van der Waals surface area (Å²) in [5.41, 5.74) is -0.0343. The highest BCUT2D eigenvalue weighted by Gasteiger charge is 2.24. The van der Waals surface area contributed by atoms with Gasteiger partial charge in [0, 0.05) is 11.5 Å². The third-order valence-electron chi connectivity index (χ3n) is 2.38. The van der Waals surface area contributed by atoms with Gasteiger partial charge in [0.05, 0.1) is 0 Å². The Kier molecular flexibility index (Phi) is 3.06. The minimum absolute atomic E-state index is 0.0343. The van der Waals surface area contributed by atoms with Crippen LogP contribution in [0.25, 0.3) is 0 Å². The molecule has 4 nitrogen and oxygen atoms in total. The number of nitrogens with zero attached hydrogens (tertiary/aromatic N) is 3. The smallest absolute Gasteiger partial charge is 0.227 e. The van der Waals surface area contributed by atoms with Gasteiger partial charge in [0.2, 0.25) is 5.95 Å². The van der Waals surface area contributed by atoms with Gasteiger partial charge < -0.3 is 5.32 Å². The van der Waals surface area contributed by atoms with E-state index in [1.165, 1.54) is 12.8 Å². The summed E-state index contributed by atoms with van der Waals surface area (Å²) < 4.78 is 0. The number of thioether (sulfide) groups is 1. The fourth-order valence-corrected chi connectivity index (χ4v) is 1.61. The fraction of sp³-hybridized carbons (Fsp3) is 0.727. The molecule has 5 heteroatoms. The Morgan fingerprint density at radius 1 is 1.19 bits per heavy atom. The van der Waals surface area contributed by atoms with E-state index in [0.29, 0.717) is 6.04 Å². The lowest BCUT2D eigenvalue weighted by atomic mass is 9.96. The molecule has 0 unspecified atom stereocenters. The normalized spacial score (nSPS) is 16.2. The van der Waals surface area contributed by atoms with E-state index in [0.717, 1.165) is 16.9 Å². The number of nitrogens with one attached hydrogen (secondary N) is 1. The zero-order chi connectivity index (χ0) is 11.8. The molecular weight excluding hydrogens is 220 g/mol. The quantitative estimate of drug-likeness (QED) is 0.820. The van der Waals surface area contributed by atoms with Crippen molar-refractivity contribution in [1.29, 1.82) is 0 Å². The molecule has 0 amide bonds. The topological polar surface area (TPSA) is 50.7 Å². The molecule has 1 heterocycles. The molecule has 0 atom stereocenters. The van der Waals surface area contributed by atoms with E-state index < -0.39 is 0 Å². The van der Waals surface area contributed by atoms with E-state index in [2.05, 4.69) is 41.0 Å². The number of rotatable bonds is 3. The standard InChI is InChI=1S/C11H18N4S/c1-11(2,3)8-13-9(12-7-5-6-7)15-10(14-8)16-4/h7H,5-6H2,1-4H3,(H,12,13,14,15). The molecule has 0 aromatic carbocycles. The monoisotopic (exact) mass is 238 g/mol. The first-order valence-corrected chi connectivity index (χ1v) is 6.78. The molecule has 88 valence electrons. The van der Waals surface area contributed by atoms with Crippen LogP contribution in [0.2, 0.25) is 0 Å². The first-order chi connectivity index (χ1) is 7.49. The van der Waals surface area contributed by atoms with E-state index in [1.54, 1.807) is 11.8 Å². The molecule has 1 saturated carbocycles. The molecule has 0 bridgehead atoms. The van der Waals surface area contributed by atoms with Gasteiger partial charge in [-0.2, -0.15) is 9.97 Å². The molecule has 2 rings (SSSR count). The van der Waals surface area contributed by atoms with Crippen LogP contribution in [0, 0.1) is 0 Å². The third kappa shape index (κ3) is 2.84. The third-order valence-corrected chi connectivity index (χ3v) is 2.93. The number of aromatic nitrogens is 3. The van der Waals surface area contributed by atoms with E-state index in [9.17, 15) is 0 Å². The average molecular weight is 238 g/mol. The SMILES string of the molecule is CSc1nc(NC2CC2)nc(C(C)(C)C)n1. The molecule has 1 fully saturated rings. The van der Waals surface area contributed by atoms with Gasteiger partial charge in [-0.05, 0) is 19.1 Å². The van der Waals surface area contributed by atoms with E-state index in [-0.39, 0.29) is 5.41 Å². The highest BCUT2D eigenvalue weighted by atomic mass is 32.2. The molecule has 0 saturated heterocycles. The van der Waals surface area contributed by atoms with Crippen molar-refractivity contribution in [2.45, 2.75) is 50.2 Å². The fourth-order valence-electron chi connectivity index (χ4n) is 1.26. The van der Waals surface area contributed by atoms with Gasteiger partial charge in [-0.1, -0.05) is 32.5 Å². The van der Waals surface area contributed by atoms with Crippen LogP contribution < -0.4 is 5.32 Å². The van der Waals surface area contributed by atoms with Gasteiger partial charge in [0.15, 0.2) is 5.16 Å². The Morgan fingerprint density at radius 3 is 2.38 bits per heavy atom. The summed E-state index contributed by atoms with van der Waals surface area (Å²) in [4.78, 5) is 13.3. The predicted molar refractivity (Wildman–Crippen MR) is 67.0 cm³/mol. The van der Waals surface area contributed by atoms with Gasteiger partial charge in [0.1, 0.15) is 5.82 Å². The lowest BCUT2D eigenvalue weighted by Gasteiger charge is -2.17. The van der Waals surface area contributed by atoms with Gasteiger partial charge in [-0.15, -0.1) is 0 Å². The summed E-state index contributed by atoms with van der Waals surface area (Å²) in [6.07, 6.45) is 4.44. The largest absolute Gasteiger partial charge is 0.351 e. The van der Waals surface area contributed by atoms with Crippen LogP contribution in [0.1, 0.15) is 39.4 Å². The zero-order valence-corrected chi connectivity index (χ0v) is 11.1. The summed E-state index contributed by atoms with van der Waals surface area (Å²) >= 11 is 1.56. The predicted octanol–water partition coefficient (Wildman–Crippen LogP) is 2.47. The zero-order valence-electron chi connectivity index (χ0n) is 10.2. The first kappa shape index (κ1) is 11.6. The summed E-state index contributed by atoms with van der Waals surface area (Å²) in [5.74, 6) is 1.58. The minimum Gasteiger partial charge on any atom is -0.351 e. The Morgan fingerprint density at radius 2 is 1.88 bits per heavy atom. The van der Waals surface area contributed by atoms with Gasteiger partial charge in [0.25, 0.3) is 0 Å². The Labute approximate surface area is 101 Å². The van der Waals surface area contributed by atoms with Crippen molar-refractivity contribution in [2.24, 2.45) is 0 Å². The molecule has 1 aromatic rings. The lowest BCUT2D eigenvalue weighted by molar-refractivity contribution is 0.532. The van der Waals surface area contributed by atoms with Crippen molar-refractivity contribution in [1.82, 2.24) is 15.0 Å². The molecule has 0 radical (unpaired) electrons. The summed E-state index contributed by atoms with van der Waals surface area (Å²) in [6, 6.07) is 0.574. The van der Waals surface area contributed by atoms with Crippen LogP contribution >= 0.6 is 11.8 Å². The summed E-state index contributed by atoms with van der Waals surface area (Å²) in [6.45, 7) is 6.36. The van der Waals surface area contributed by atoms with Crippen molar-refractivity contribution in [2.75, 3.05) is 11.6 Å². The van der Waals surface area contributed by atoms with Gasteiger partial charge in [-0.3, -0.25) is 0 Å². The maximum Gasteiger partial charge on any atom is 0.227 e. The second-order valence-corrected chi connectivity index (χ2v) is 5.91. The highest BCUT2D eigenvalue weighted by Crippen LogP contribution is 2.26. The second-order valence-electron chi connectivity index (χ2n) is 5.14. The molecule has 0 spiro atoms. The number of anilines is 1. The molecule has 1 N–H and O–H groups in total. The Hall–Kier alpha value is -0.840. The highest BCUT2D eigenvalue weighted by molar-refractivity contribution is 7.98. The second kappa shape index (κ2) is 4.20. The van der Waals surface area contributed by atoms with Crippen LogP contribution in [0.4, 0.5) is 5.95 Å². The molecule has 0 aliphatic heterocycles. The molecule has 1 aliphatic carbocycles. The lowest BCUT2D eigenvalue weighted by Crippen LogP contribution is -2.19. The first-order valence-electron chi connectivity index (χ1n) is 5.56. The molecular formula is C11H18N4S. The van der Waals surface area contributed by atoms with E-state index in [4.69, 9.17) is 0 Å². The van der Waals surface area contributed by atoms with Crippen molar-refractivity contribution in [3.05, 3.63) is 5.82 Å². The van der Waals surface area contributed by atoms with Crippen molar-refractivity contribution in [3.63, 3.8) is 0 Å². The molecule has 16 heavy (non-hydrogen) atoms. The average Bonchev–Trinajstić information content (AvgIpc) is 3.00. The van der Waals surface area contributed by atoms with Crippen LogP contribution in [0.15, 0.2) is 5.16 Å². The van der Waals surface area contributed by atoms with Gasteiger partial charge in [-0.25, -0.2) is 4.98 Å². The van der Waals surface area contributed by atoms with Gasteiger partial charge >= 0.3 is 0 Å². The maximum atomic E-state index is 4.49. The minimum atomic E-state index is -0.0343. The summed E-state index contributed by atoms with van der Waals surface area (Å²) in [5, 5.41) is 4.12. The van der Waals surface area contributed by atoms with Crippen molar-refractivity contribution < 1.29 is 0 Å².